The zero-order chi connectivity index (χ0) is 22.4. The lowest BCUT2D eigenvalue weighted by molar-refractivity contribution is -0.132. The second-order valence-corrected chi connectivity index (χ2v) is 9.64. The van der Waals surface area contributed by atoms with E-state index >= 15 is 0 Å². The molecule has 31 heavy (non-hydrogen) atoms. The quantitative estimate of drug-likeness (QED) is 0.618. The largest absolute Gasteiger partial charge is 0.497 e. The normalized spacial score (nSPS) is 14.9. The first-order valence-electron chi connectivity index (χ1n) is 10.2. The minimum Gasteiger partial charge on any atom is -0.497 e. The molecule has 1 saturated heterocycles. The maximum absolute atomic E-state index is 12.5. The lowest BCUT2D eigenvalue weighted by atomic mass is 10.1. The van der Waals surface area contributed by atoms with E-state index in [4.69, 9.17) is 9.47 Å². The molecule has 0 unspecified atom stereocenters. The first-order chi connectivity index (χ1) is 14.8. The van der Waals surface area contributed by atoms with Crippen molar-refractivity contribution >= 4 is 21.6 Å². The number of hydrogen-bond acceptors (Lipinski definition) is 6. The summed E-state index contributed by atoms with van der Waals surface area (Å²) < 4.78 is 35.5. The van der Waals surface area contributed by atoms with Crippen molar-refractivity contribution in [1.29, 1.82) is 0 Å². The molecule has 1 aromatic carbocycles. The number of nitrogens with zero attached hydrogens (tertiary/aromatic N) is 3. The Morgan fingerprint density at radius 1 is 1.16 bits per heavy atom. The summed E-state index contributed by atoms with van der Waals surface area (Å²) in [4.78, 5) is 18.6. The number of hydrogen-bond donors (Lipinski definition) is 0. The molecule has 1 aliphatic rings. The van der Waals surface area contributed by atoms with Crippen molar-refractivity contribution in [2.45, 2.75) is 31.8 Å². The van der Waals surface area contributed by atoms with Crippen LogP contribution in [0.3, 0.4) is 0 Å². The summed E-state index contributed by atoms with van der Waals surface area (Å²) in [6.45, 7) is 1.31. The van der Waals surface area contributed by atoms with Crippen LogP contribution in [0.15, 0.2) is 42.6 Å². The highest BCUT2D eigenvalue weighted by Crippen LogP contribution is 2.21. The van der Waals surface area contributed by atoms with Crippen LogP contribution >= 0.6 is 0 Å². The zero-order valence-corrected chi connectivity index (χ0v) is 19.0. The number of aryl methyl sites for hydroxylation is 1. The van der Waals surface area contributed by atoms with E-state index in [-0.39, 0.29) is 12.0 Å². The van der Waals surface area contributed by atoms with Crippen LogP contribution in [0, 0.1) is 0 Å². The molecule has 1 fully saturated rings. The summed E-state index contributed by atoms with van der Waals surface area (Å²) in [6.07, 6.45) is 5.27. The van der Waals surface area contributed by atoms with Gasteiger partial charge in [-0.25, -0.2) is 13.4 Å². The molecular weight excluding hydrogens is 418 g/mol. The van der Waals surface area contributed by atoms with Gasteiger partial charge < -0.3 is 14.4 Å². The molecule has 0 bridgehead atoms. The molecule has 0 aliphatic carbocycles. The number of methoxy groups -OCH3 is 1. The highest BCUT2D eigenvalue weighted by molar-refractivity contribution is 7.92. The molecular formula is C22H29N3O5S. The number of aromatic nitrogens is 1. The number of piperidine rings is 1. The van der Waals surface area contributed by atoms with Crippen molar-refractivity contribution in [3.63, 3.8) is 0 Å². The Kier molecular flexibility index (Phi) is 7.37. The summed E-state index contributed by atoms with van der Waals surface area (Å²) in [5, 5.41) is 0. The van der Waals surface area contributed by atoms with Gasteiger partial charge in [0.1, 0.15) is 11.9 Å². The number of pyridine rings is 1. The van der Waals surface area contributed by atoms with Crippen molar-refractivity contribution < 1.29 is 22.7 Å². The fourth-order valence-corrected chi connectivity index (χ4v) is 3.91. The number of anilines is 1. The van der Waals surface area contributed by atoms with Crippen molar-refractivity contribution in [3.05, 3.63) is 48.2 Å². The van der Waals surface area contributed by atoms with Gasteiger partial charge in [0.15, 0.2) is 0 Å². The molecule has 0 N–H and O–H groups in total. The molecule has 3 rings (SSSR count). The Labute approximate surface area is 183 Å². The molecule has 1 aromatic heterocycles. The summed E-state index contributed by atoms with van der Waals surface area (Å²) in [7, 11) is -0.213. The van der Waals surface area contributed by atoms with E-state index in [0.717, 1.165) is 30.4 Å². The number of carbonyl (C=O) groups is 1. The molecule has 0 saturated carbocycles. The minimum absolute atomic E-state index is 0.0170. The van der Waals surface area contributed by atoms with Gasteiger partial charge in [-0.3, -0.25) is 9.10 Å². The van der Waals surface area contributed by atoms with E-state index < -0.39 is 10.0 Å². The van der Waals surface area contributed by atoms with E-state index in [1.165, 1.54) is 17.5 Å². The van der Waals surface area contributed by atoms with Gasteiger partial charge in [0.2, 0.25) is 21.8 Å². The predicted molar refractivity (Wildman–Crippen MR) is 119 cm³/mol. The fraction of sp³-hybridized carbons (Fsp3) is 0.455. The molecule has 0 atom stereocenters. The second-order valence-electron chi connectivity index (χ2n) is 7.63. The van der Waals surface area contributed by atoms with E-state index in [9.17, 15) is 13.2 Å². The van der Waals surface area contributed by atoms with Crippen LogP contribution in [-0.2, 0) is 21.2 Å². The number of carbonyl (C=O) groups excluding carboxylic acids is 1. The van der Waals surface area contributed by atoms with Crippen LogP contribution in [0.5, 0.6) is 11.6 Å². The van der Waals surface area contributed by atoms with E-state index in [1.807, 2.05) is 29.2 Å². The highest BCUT2D eigenvalue weighted by Gasteiger charge is 2.24. The van der Waals surface area contributed by atoms with Gasteiger partial charge in [-0.1, -0.05) is 12.1 Å². The third-order valence-electron chi connectivity index (χ3n) is 5.45. The van der Waals surface area contributed by atoms with E-state index in [0.29, 0.717) is 37.5 Å². The van der Waals surface area contributed by atoms with Crippen LogP contribution in [0.1, 0.15) is 24.8 Å². The number of sulfonamides is 1. The van der Waals surface area contributed by atoms with Gasteiger partial charge in [0.05, 0.1) is 25.2 Å². The topological polar surface area (TPSA) is 89.0 Å². The van der Waals surface area contributed by atoms with Crippen molar-refractivity contribution in [3.8, 4) is 11.6 Å². The first-order valence-corrected chi connectivity index (χ1v) is 12.1. The van der Waals surface area contributed by atoms with Gasteiger partial charge in [-0.05, 0) is 30.2 Å². The minimum atomic E-state index is -3.33. The number of amides is 1. The van der Waals surface area contributed by atoms with Crippen LogP contribution in [0.4, 0.5) is 5.69 Å². The third kappa shape index (κ3) is 6.33. The Morgan fingerprint density at radius 2 is 1.84 bits per heavy atom. The van der Waals surface area contributed by atoms with Gasteiger partial charge in [-0.15, -0.1) is 0 Å². The van der Waals surface area contributed by atoms with Crippen LogP contribution in [0.25, 0.3) is 0 Å². The summed E-state index contributed by atoms with van der Waals surface area (Å²) in [5.74, 6) is 1.42. The molecule has 8 nitrogen and oxygen atoms in total. The average Bonchev–Trinajstić information content (AvgIpc) is 2.77. The van der Waals surface area contributed by atoms with Crippen LogP contribution in [0.2, 0.25) is 0 Å². The molecule has 2 aromatic rings. The molecule has 168 valence electrons. The molecule has 1 amide bonds. The smallest absolute Gasteiger partial charge is 0.232 e. The highest BCUT2D eigenvalue weighted by atomic mass is 32.2. The summed E-state index contributed by atoms with van der Waals surface area (Å²) >= 11 is 0. The maximum Gasteiger partial charge on any atom is 0.232 e. The Hall–Kier alpha value is -2.81. The van der Waals surface area contributed by atoms with Gasteiger partial charge in [0.25, 0.3) is 0 Å². The molecule has 9 heteroatoms. The number of benzene rings is 1. The summed E-state index contributed by atoms with van der Waals surface area (Å²) in [6, 6.07) is 11.1. The molecule has 1 aliphatic heterocycles. The lowest BCUT2D eigenvalue weighted by Crippen LogP contribution is -2.41. The number of ether oxygens (including phenoxy) is 2. The van der Waals surface area contributed by atoms with Gasteiger partial charge in [-0.2, -0.15) is 0 Å². The van der Waals surface area contributed by atoms with Crippen LogP contribution < -0.4 is 13.8 Å². The van der Waals surface area contributed by atoms with Crippen molar-refractivity contribution in [2.24, 2.45) is 0 Å². The number of likely N-dealkylation sites (tertiary alicyclic amines) is 1. The van der Waals surface area contributed by atoms with Gasteiger partial charge in [0, 0.05) is 45.5 Å². The Bertz CT molecular complexity index is 969. The number of rotatable bonds is 8. The predicted octanol–water partition coefficient (Wildman–Crippen LogP) is 2.49. The van der Waals surface area contributed by atoms with Crippen molar-refractivity contribution in [2.75, 3.05) is 37.8 Å². The Morgan fingerprint density at radius 3 is 2.39 bits per heavy atom. The fourth-order valence-electron chi connectivity index (χ4n) is 3.42. The van der Waals surface area contributed by atoms with E-state index in [2.05, 4.69) is 4.98 Å². The summed E-state index contributed by atoms with van der Waals surface area (Å²) in [5.41, 5.74) is 1.59. The zero-order valence-electron chi connectivity index (χ0n) is 18.2. The van der Waals surface area contributed by atoms with E-state index in [1.54, 1.807) is 19.2 Å². The standard InChI is InChI=1S/C22H29N3O5S/c1-24(31(3,27)28)18-7-10-21(23-16-18)30-20-12-14-25(15-13-20)22(26)11-6-17-4-8-19(29-2)9-5-17/h4-5,7-10,16,20H,6,11-15H2,1-3H3. The van der Waals surface area contributed by atoms with Crippen molar-refractivity contribution in [1.82, 2.24) is 9.88 Å². The van der Waals surface area contributed by atoms with Crippen LogP contribution in [-0.4, -0.2) is 63.8 Å². The third-order valence-corrected chi connectivity index (χ3v) is 6.66. The molecule has 0 spiro atoms. The molecule has 2 heterocycles. The SMILES string of the molecule is COc1ccc(CCC(=O)N2CCC(Oc3ccc(N(C)S(C)(=O)=O)cn3)CC2)cc1. The maximum atomic E-state index is 12.5. The average molecular weight is 448 g/mol. The second kappa shape index (κ2) is 10.00. The first kappa shape index (κ1) is 22.9. The Balaban J connectivity index is 1.44. The van der Waals surface area contributed by atoms with Gasteiger partial charge >= 0.3 is 0 Å². The monoisotopic (exact) mass is 447 g/mol. The molecule has 0 radical (unpaired) electrons. The lowest BCUT2D eigenvalue weighted by Gasteiger charge is -2.32.